The number of hydrogen-bond donors (Lipinski definition) is 1. The molecule has 2 aromatic carbocycles. The number of alkyl halides is 3. The maximum Gasteiger partial charge on any atom is 0.416 e. The van der Waals surface area contributed by atoms with Gasteiger partial charge in [0.05, 0.1) is 24.6 Å². The van der Waals surface area contributed by atoms with Crippen molar-refractivity contribution < 1.29 is 27.4 Å². The zero-order chi connectivity index (χ0) is 21.6. The van der Waals surface area contributed by atoms with Gasteiger partial charge in [0.1, 0.15) is 0 Å². The van der Waals surface area contributed by atoms with Gasteiger partial charge >= 0.3 is 6.18 Å². The fraction of sp³-hybridized carbons (Fsp3) is 0.143. The molecule has 3 aromatic rings. The lowest BCUT2D eigenvalue weighted by Crippen LogP contribution is -2.24. The van der Waals surface area contributed by atoms with Gasteiger partial charge in [0.15, 0.2) is 18.1 Å². The van der Waals surface area contributed by atoms with Gasteiger partial charge in [0.2, 0.25) is 0 Å². The van der Waals surface area contributed by atoms with Crippen molar-refractivity contribution in [1.29, 1.82) is 0 Å². The SMILES string of the molecule is COc1ccccc1OCC(=O)NN=Cc1cccn1-c1cccc(C(F)(F)F)c1. The quantitative estimate of drug-likeness (QED) is 0.466. The van der Waals surface area contributed by atoms with Crippen LogP contribution in [-0.4, -0.2) is 30.4 Å². The number of nitrogens with zero attached hydrogens (tertiary/aromatic N) is 2. The Morgan fingerprint density at radius 2 is 1.87 bits per heavy atom. The topological polar surface area (TPSA) is 64.8 Å². The first-order valence-electron chi connectivity index (χ1n) is 8.81. The lowest BCUT2D eigenvalue weighted by molar-refractivity contribution is -0.137. The molecule has 1 aromatic heterocycles. The van der Waals surface area contributed by atoms with Crippen LogP contribution < -0.4 is 14.9 Å². The molecule has 0 radical (unpaired) electrons. The number of para-hydroxylation sites is 2. The number of rotatable bonds is 7. The third kappa shape index (κ3) is 5.19. The van der Waals surface area contributed by atoms with Gasteiger partial charge < -0.3 is 14.0 Å². The minimum Gasteiger partial charge on any atom is -0.493 e. The summed E-state index contributed by atoms with van der Waals surface area (Å²) in [6.07, 6.45) is -1.50. The Balaban J connectivity index is 1.63. The highest BCUT2D eigenvalue weighted by molar-refractivity contribution is 5.82. The number of ether oxygens (including phenoxy) is 2. The van der Waals surface area contributed by atoms with E-state index in [9.17, 15) is 18.0 Å². The summed E-state index contributed by atoms with van der Waals surface area (Å²) in [6.45, 7) is -0.285. The van der Waals surface area contributed by atoms with Crippen molar-refractivity contribution in [3.63, 3.8) is 0 Å². The summed E-state index contributed by atoms with van der Waals surface area (Å²) >= 11 is 0. The van der Waals surface area contributed by atoms with Gasteiger partial charge in [0, 0.05) is 11.9 Å². The Morgan fingerprint density at radius 1 is 1.10 bits per heavy atom. The summed E-state index contributed by atoms with van der Waals surface area (Å²) in [5, 5.41) is 3.85. The molecule has 0 atom stereocenters. The highest BCUT2D eigenvalue weighted by atomic mass is 19.4. The van der Waals surface area contributed by atoms with Gasteiger partial charge in [0.25, 0.3) is 5.91 Å². The molecule has 1 amide bonds. The standard InChI is InChI=1S/C21H18F3N3O3/c1-29-18-9-2-3-10-19(18)30-14-20(28)26-25-13-17-8-5-11-27(17)16-7-4-6-15(12-16)21(22,23)24/h2-13H,14H2,1H3,(H,26,28). The molecule has 1 heterocycles. The van der Waals surface area contributed by atoms with E-state index in [4.69, 9.17) is 9.47 Å². The van der Waals surface area contributed by atoms with Crippen molar-refractivity contribution in [2.45, 2.75) is 6.18 Å². The second-order valence-electron chi connectivity index (χ2n) is 6.08. The Hall–Kier alpha value is -3.75. The molecule has 30 heavy (non-hydrogen) atoms. The molecule has 0 saturated heterocycles. The maximum atomic E-state index is 12.9. The molecule has 3 rings (SSSR count). The second kappa shape index (κ2) is 9.17. The van der Waals surface area contributed by atoms with E-state index in [0.29, 0.717) is 22.9 Å². The minimum absolute atomic E-state index is 0.285. The fourth-order valence-electron chi connectivity index (χ4n) is 2.65. The summed E-state index contributed by atoms with van der Waals surface area (Å²) in [6, 6.07) is 15.1. The zero-order valence-corrected chi connectivity index (χ0v) is 15.9. The summed E-state index contributed by atoms with van der Waals surface area (Å²) in [7, 11) is 1.49. The molecule has 1 N–H and O–H groups in total. The van der Waals surface area contributed by atoms with E-state index < -0.39 is 17.6 Å². The van der Waals surface area contributed by atoms with E-state index in [-0.39, 0.29) is 6.61 Å². The molecular formula is C21H18F3N3O3. The number of hydrazone groups is 1. The molecule has 0 aliphatic carbocycles. The largest absolute Gasteiger partial charge is 0.493 e. The van der Waals surface area contributed by atoms with Crippen LogP contribution in [0.15, 0.2) is 72.0 Å². The van der Waals surface area contributed by atoms with Gasteiger partial charge in [-0.15, -0.1) is 0 Å². The van der Waals surface area contributed by atoms with E-state index >= 15 is 0 Å². The fourth-order valence-corrected chi connectivity index (χ4v) is 2.65. The van der Waals surface area contributed by atoms with Crippen LogP contribution in [0.5, 0.6) is 11.5 Å². The van der Waals surface area contributed by atoms with Crippen LogP contribution >= 0.6 is 0 Å². The number of halogens is 3. The molecule has 0 fully saturated rings. The average Bonchev–Trinajstić information content (AvgIpc) is 3.20. The lowest BCUT2D eigenvalue weighted by Gasteiger charge is -2.11. The van der Waals surface area contributed by atoms with Crippen molar-refractivity contribution in [2.75, 3.05) is 13.7 Å². The molecule has 0 unspecified atom stereocenters. The highest BCUT2D eigenvalue weighted by Crippen LogP contribution is 2.30. The molecule has 0 saturated carbocycles. The summed E-state index contributed by atoms with van der Waals surface area (Å²) in [5.41, 5.74) is 2.37. The van der Waals surface area contributed by atoms with Crippen LogP contribution in [0.2, 0.25) is 0 Å². The van der Waals surface area contributed by atoms with E-state index in [2.05, 4.69) is 10.5 Å². The highest BCUT2D eigenvalue weighted by Gasteiger charge is 2.30. The predicted octanol–water partition coefficient (Wildman–Crippen LogP) is 4.03. The third-order valence-corrected chi connectivity index (χ3v) is 4.05. The predicted molar refractivity (Wildman–Crippen MR) is 105 cm³/mol. The first kappa shape index (κ1) is 21.0. The van der Waals surface area contributed by atoms with Gasteiger partial charge in [-0.2, -0.15) is 18.3 Å². The number of carbonyl (C=O) groups excluding carboxylic acids is 1. The average molecular weight is 417 g/mol. The Kier molecular flexibility index (Phi) is 6.41. The van der Waals surface area contributed by atoms with Gasteiger partial charge in [-0.3, -0.25) is 4.79 Å². The number of benzene rings is 2. The summed E-state index contributed by atoms with van der Waals surface area (Å²) in [5.74, 6) is 0.402. The van der Waals surface area contributed by atoms with E-state index in [1.54, 1.807) is 48.7 Å². The van der Waals surface area contributed by atoms with Crippen LogP contribution in [0, 0.1) is 0 Å². The smallest absolute Gasteiger partial charge is 0.416 e. The molecule has 6 nitrogen and oxygen atoms in total. The van der Waals surface area contributed by atoms with E-state index in [1.165, 1.54) is 24.0 Å². The van der Waals surface area contributed by atoms with Crippen molar-refractivity contribution in [3.8, 4) is 17.2 Å². The lowest BCUT2D eigenvalue weighted by atomic mass is 10.2. The molecule has 0 aliphatic rings. The first-order valence-corrected chi connectivity index (χ1v) is 8.81. The van der Waals surface area contributed by atoms with Crippen molar-refractivity contribution in [2.24, 2.45) is 5.10 Å². The minimum atomic E-state index is -4.44. The maximum absolute atomic E-state index is 12.9. The first-order chi connectivity index (χ1) is 14.4. The molecular weight excluding hydrogens is 399 g/mol. The van der Waals surface area contributed by atoms with E-state index in [1.807, 2.05) is 0 Å². The van der Waals surface area contributed by atoms with Crippen molar-refractivity contribution in [3.05, 3.63) is 78.1 Å². The second-order valence-corrected chi connectivity index (χ2v) is 6.08. The van der Waals surface area contributed by atoms with Crippen LogP contribution in [0.4, 0.5) is 13.2 Å². The van der Waals surface area contributed by atoms with E-state index in [0.717, 1.165) is 12.1 Å². The summed E-state index contributed by atoms with van der Waals surface area (Å²) in [4.78, 5) is 11.9. The molecule has 156 valence electrons. The Morgan fingerprint density at radius 3 is 2.60 bits per heavy atom. The van der Waals surface area contributed by atoms with Gasteiger partial charge in [-0.05, 0) is 42.5 Å². The number of aromatic nitrogens is 1. The number of methoxy groups -OCH3 is 1. The molecule has 0 spiro atoms. The summed E-state index contributed by atoms with van der Waals surface area (Å²) < 4.78 is 50.9. The number of carbonyl (C=O) groups is 1. The van der Waals surface area contributed by atoms with Crippen molar-refractivity contribution in [1.82, 2.24) is 9.99 Å². The van der Waals surface area contributed by atoms with Crippen LogP contribution in [0.25, 0.3) is 5.69 Å². The molecule has 9 heteroatoms. The zero-order valence-electron chi connectivity index (χ0n) is 15.9. The van der Waals surface area contributed by atoms with Gasteiger partial charge in [-0.1, -0.05) is 18.2 Å². The van der Waals surface area contributed by atoms with Gasteiger partial charge in [-0.25, -0.2) is 5.43 Å². The number of nitrogens with one attached hydrogen (secondary N) is 1. The van der Waals surface area contributed by atoms with Crippen LogP contribution in [0.3, 0.4) is 0 Å². The molecule has 0 aliphatic heterocycles. The monoisotopic (exact) mass is 417 g/mol. The Labute approximate surface area is 170 Å². The Bertz CT molecular complexity index is 1040. The third-order valence-electron chi connectivity index (χ3n) is 4.05. The molecule has 0 bridgehead atoms. The van der Waals surface area contributed by atoms with Crippen LogP contribution in [-0.2, 0) is 11.0 Å². The van der Waals surface area contributed by atoms with Crippen molar-refractivity contribution >= 4 is 12.1 Å². The van der Waals surface area contributed by atoms with Crippen LogP contribution in [0.1, 0.15) is 11.3 Å². The number of amides is 1. The normalized spacial score (nSPS) is 11.5. The number of hydrogen-bond acceptors (Lipinski definition) is 4.